The van der Waals surface area contributed by atoms with Crippen LogP contribution >= 0.6 is 0 Å². The van der Waals surface area contributed by atoms with Gasteiger partial charge in [-0.05, 0) is 19.3 Å². The van der Waals surface area contributed by atoms with Gasteiger partial charge in [0.2, 0.25) is 17.7 Å². The van der Waals surface area contributed by atoms with Crippen molar-refractivity contribution in [3.8, 4) is 0 Å². The van der Waals surface area contributed by atoms with E-state index in [-0.39, 0.29) is 12.3 Å². The molecule has 0 spiro atoms. The van der Waals surface area contributed by atoms with Gasteiger partial charge in [0.15, 0.2) is 12.6 Å². The topological polar surface area (TPSA) is 519 Å². The zero-order valence-electron chi connectivity index (χ0n) is 65.0. The average Bonchev–Trinajstić information content (AvgIpc) is 0.754. The molecule has 4 fully saturated rings. The van der Waals surface area contributed by atoms with Crippen LogP contribution in [0.15, 0.2) is 12.2 Å². The number of carboxylic acid groups (broad SMARTS) is 2. The molecule has 636 valence electrons. The summed E-state index contributed by atoms with van der Waals surface area (Å²) >= 11 is 0. The van der Waals surface area contributed by atoms with E-state index in [2.05, 4.69) is 29.8 Å². The second-order valence-corrected chi connectivity index (χ2v) is 30.4. The van der Waals surface area contributed by atoms with Crippen LogP contribution in [0, 0.1) is 0 Å². The zero-order valence-corrected chi connectivity index (χ0v) is 65.0. The minimum atomic E-state index is -3.39. The second kappa shape index (κ2) is 53.4. The van der Waals surface area contributed by atoms with Crippen molar-refractivity contribution in [3.05, 3.63) is 12.2 Å². The number of unbranched alkanes of at least 4 members (excludes halogenated alkanes) is 32. The Bertz CT molecular complexity index is 2530. The molecule has 3 amide bonds. The van der Waals surface area contributed by atoms with Crippen LogP contribution in [0.25, 0.3) is 0 Å². The molecule has 4 saturated heterocycles. The maximum atomic E-state index is 13.6. The summed E-state index contributed by atoms with van der Waals surface area (Å²) < 4.78 is 46.6. The van der Waals surface area contributed by atoms with E-state index in [4.69, 9.17) is 37.9 Å². The number of hydrogen-bond acceptors (Lipinski definition) is 27. The lowest BCUT2D eigenvalue weighted by atomic mass is 9.87. The molecule has 4 aliphatic heterocycles. The summed E-state index contributed by atoms with van der Waals surface area (Å²) in [6.07, 6.45) is 1.39. The van der Waals surface area contributed by atoms with Gasteiger partial charge >= 0.3 is 11.9 Å². The molecule has 4 rings (SSSR count). The summed E-state index contributed by atoms with van der Waals surface area (Å²) in [7, 11) is 0. The molecule has 0 saturated carbocycles. The number of carbonyl (C=O) groups excluding carboxylic acids is 3. The van der Waals surface area contributed by atoms with Crippen LogP contribution in [0.5, 0.6) is 0 Å². The fourth-order valence-electron chi connectivity index (χ4n) is 14.8. The van der Waals surface area contributed by atoms with Crippen LogP contribution in [-0.4, -0.2) is 290 Å². The third-order valence-corrected chi connectivity index (χ3v) is 21.2. The number of hydrogen-bond donors (Lipinski definition) is 19. The third-order valence-electron chi connectivity index (χ3n) is 21.2. The number of aliphatic hydroxyl groups is 14. The van der Waals surface area contributed by atoms with Gasteiger partial charge < -0.3 is 136 Å². The van der Waals surface area contributed by atoms with E-state index in [1.54, 1.807) is 6.08 Å². The van der Waals surface area contributed by atoms with Crippen molar-refractivity contribution in [1.82, 2.24) is 16.0 Å². The summed E-state index contributed by atoms with van der Waals surface area (Å²) in [4.78, 5) is 65.1. The number of amides is 3. The molecule has 0 aromatic carbocycles. The van der Waals surface area contributed by atoms with E-state index < -0.39 is 216 Å². The van der Waals surface area contributed by atoms with Gasteiger partial charge in [-0.25, -0.2) is 9.59 Å². The van der Waals surface area contributed by atoms with Crippen LogP contribution in [0.1, 0.15) is 265 Å². The molecule has 32 heteroatoms. The van der Waals surface area contributed by atoms with Crippen LogP contribution < -0.4 is 16.0 Å². The number of carbonyl (C=O) groups is 5. The monoisotopic (exact) mass is 1570 g/mol. The number of aliphatic carboxylic acids is 2. The Morgan fingerprint density at radius 2 is 0.917 bits per heavy atom. The molecule has 0 bridgehead atoms. The molecule has 32 nitrogen and oxygen atoms in total. The lowest BCUT2D eigenvalue weighted by molar-refractivity contribution is -0.388. The van der Waals surface area contributed by atoms with Gasteiger partial charge in [-0.3, -0.25) is 14.4 Å². The molecule has 0 aromatic heterocycles. The van der Waals surface area contributed by atoms with E-state index in [0.29, 0.717) is 12.8 Å². The Kier molecular flexibility index (Phi) is 47.8. The standard InChI is InChI=1S/C77H139N3O29/c1-5-7-9-11-13-15-17-19-20-21-22-23-24-25-26-27-29-31-33-35-37-39-41-59(91)80-51(52(87)40-38-36-34-32-30-28-18-16-14-12-10-8-6-2)48-102-72-66(96)65(95)68(58(47-84)104-72)105-73-67(97)71(63(93)56(45-82)103-73)109-77(75(100)101)43-54(89)61(79-50(4)86)70(108-77)64(94)57(46-83)106-76(74(98)99)42-53(88)60(78-49(3)85)69(107-76)62(92)55(90)44-81/h38,40,51-58,60-73,81-84,87-90,92-97H,5-37,39,41-48H2,1-4H3,(H,78,85)(H,79,86)(H,80,91)(H,98,99)(H,100,101)/t51-,52+,53-,54-,55+,56+,57+,58+,60+,61+,62+,63-,64+,65+,66?,67+,68+,69?,70?,71-,72+,73-,76+,77-/m0/s1. The predicted molar refractivity (Wildman–Crippen MR) is 395 cm³/mol. The average molecular weight is 1570 g/mol. The largest absolute Gasteiger partial charge is 0.477 e. The van der Waals surface area contributed by atoms with Gasteiger partial charge in [0.1, 0.15) is 85.5 Å². The number of carboxylic acids is 2. The quantitative estimate of drug-likeness (QED) is 0.0307. The van der Waals surface area contributed by atoms with Crippen LogP contribution in [0.2, 0.25) is 0 Å². The molecule has 3 unspecified atom stereocenters. The number of aliphatic hydroxyl groups excluding tert-OH is 14. The maximum Gasteiger partial charge on any atom is 0.364 e. The predicted octanol–water partition coefficient (Wildman–Crippen LogP) is 3.07. The van der Waals surface area contributed by atoms with E-state index in [9.17, 15) is 106 Å². The number of allylic oxidation sites excluding steroid dienone is 1. The molecular weight excluding hydrogens is 1430 g/mol. The Labute approximate surface area is 643 Å². The number of rotatable bonds is 59. The van der Waals surface area contributed by atoms with Crippen LogP contribution in [-0.2, 0) is 61.9 Å². The van der Waals surface area contributed by atoms with E-state index >= 15 is 0 Å². The first-order valence-corrected chi connectivity index (χ1v) is 40.7. The normalized spacial score (nSPS) is 30.5. The van der Waals surface area contributed by atoms with E-state index in [0.717, 1.165) is 65.2 Å². The maximum absolute atomic E-state index is 13.6. The molecule has 4 heterocycles. The van der Waals surface area contributed by atoms with Crippen molar-refractivity contribution in [1.29, 1.82) is 0 Å². The molecule has 0 aromatic rings. The van der Waals surface area contributed by atoms with Crippen LogP contribution in [0.4, 0.5) is 0 Å². The molecule has 0 radical (unpaired) electrons. The minimum absolute atomic E-state index is 0.156. The zero-order chi connectivity index (χ0) is 80.5. The summed E-state index contributed by atoms with van der Waals surface area (Å²) in [5.41, 5.74) is 0. The summed E-state index contributed by atoms with van der Waals surface area (Å²) in [6.45, 7) is 1.14. The first-order valence-electron chi connectivity index (χ1n) is 40.7. The Hall–Kier alpha value is -3.79. The smallest absolute Gasteiger partial charge is 0.364 e. The van der Waals surface area contributed by atoms with Crippen molar-refractivity contribution in [2.24, 2.45) is 0 Å². The Balaban J connectivity index is 1.43. The van der Waals surface area contributed by atoms with Gasteiger partial charge in [0, 0.05) is 33.1 Å². The highest BCUT2D eigenvalue weighted by atomic mass is 16.8. The van der Waals surface area contributed by atoms with Crippen molar-refractivity contribution < 1.29 is 144 Å². The highest BCUT2D eigenvalue weighted by Gasteiger charge is 2.62. The Morgan fingerprint density at radius 3 is 1.35 bits per heavy atom. The van der Waals surface area contributed by atoms with Gasteiger partial charge in [0.25, 0.3) is 11.6 Å². The molecule has 0 aliphatic carbocycles. The Morgan fingerprint density at radius 1 is 0.495 bits per heavy atom. The fourth-order valence-corrected chi connectivity index (χ4v) is 14.8. The SMILES string of the molecule is CCCCCCCCCCCCCC=C[C@@H](O)[C@H](CO[C@@H]1O[C@H](CO)[C@@H](O[C@@H]2O[C@H](CO)[C@H](O)[C@H](O[C@]3(C(=O)O)C[C@H](O)[C@@H](NC(C)=O)C([C@H](O)[C@@H](CO)O[C@]4(C(=O)O)C[C@H](O)[C@@H](NC(C)=O)C([C@H](O)[C@H](O)CO)O4)O3)[C@H]2O)[C@H](O)C1O)NC(=O)CCCCCCCCCCCCCCCCCCCCCCCC. The van der Waals surface area contributed by atoms with E-state index in [1.165, 1.54) is 154 Å². The van der Waals surface area contributed by atoms with Crippen molar-refractivity contribution >= 4 is 29.7 Å². The van der Waals surface area contributed by atoms with Gasteiger partial charge in [-0.2, -0.15) is 0 Å². The lowest BCUT2D eigenvalue weighted by Gasteiger charge is -2.51. The summed E-state index contributed by atoms with van der Waals surface area (Å²) in [5.74, 6) is -13.1. The van der Waals surface area contributed by atoms with Gasteiger partial charge in [0.05, 0.1) is 69.5 Å². The summed E-state index contributed by atoms with van der Waals surface area (Å²) in [5, 5.41) is 185. The van der Waals surface area contributed by atoms with E-state index in [1.807, 2.05) is 6.08 Å². The molecule has 4 aliphatic rings. The fraction of sp³-hybridized carbons (Fsp3) is 0.909. The third kappa shape index (κ3) is 32.8. The molecule has 109 heavy (non-hydrogen) atoms. The van der Waals surface area contributed by atoms with Gasteiger partial charge in [-0.1, -0.05) is 225 Å². The highest BCUT2D eigenvalue weighted by molar-refractivity contribution is 5.78. The summed E-state index contributed by atoms with van der Waals surface area (Å²) in [6, 6.07) is -4.73. The van der Waals surface area contributed by atoms with Crippen LogP contribution in [0.3, 0.4) is 0 Å². The minimum Gasteiger partial charge on any atom is -0.477 e. The lowest BCUT2D eigenvalue weighted by Crippen LogP contribution is -2.72. The van der Waals surface area contributed by atoms with Crippen molar-refractivity contribution in [2.75, 3.05) is 33.0 Å². The second-order valence-electron chi connectivity index (χ2n) is 30.4. The number of ether oxygens (including phenoxy) is 8. The highest BCUT2D eigenvalue weighted by Crippen LogP contribution is 2.41. The number of nitrogens with one attached hydrogen (secondary N) is 3. The first-order chi connectivity index (χ1) is 52.2. The molecule has 24 atom stereocenters. The van der Waals surface area contributed by atoms with Crippen molar-refractivity contribution in [3.63, 3.8) is 0 Å². The van der Waals surface area contributed by atoms with Gasteiger partial charge in [-0.15, -0.1) is 0 Å². The molecular formula is C77H139N3O29. The van der Waals surface area contributed by atoms with Crippen molar-refractivity contribution in [2.45, 2.75) is 411 Å². The molecule has 19 N–H and O–H groups in total. The first kappa shape index (κ1) is 97.6.